The number of carbonyl (C=O) groups excluding carboxylic acids is 1. The van der Waals surface area contributed by atoms with E-state index in [1.54, 1.807) is 18.0 Å². The minimum atomic E-state index is -0.109. The summed E-state index contributed by atoms with van der Waals surface area (Å²) in [5, 5.41) is 4.03. The van der Waals surface area contributed by atoms with Gasteiger partial charge in [-0.15, -0.1) is 11.8 Å². The monoisotopic (exact) mass is 404 g/mol. The summed E-state index contributed by atoms with van der Waals surface area (Å²) in [6.45, 7) is 2.61. The van der Waals surface area contributed by atoms with Crippen LogP contribution in [0.5, 0.6) is 5.75 Å². The standard InChI is InChI=1S/C24H24N2O2S/c1-19-7-5-6-10-22(19)17-29-18-24(27)26-25-15-20-11-13-23(14-12-20)28-16-21-8-3-2-4-9-21/h2-15H,16-18H2,1H3,(H,26,27)/b25-15-. The van der Waals surface area contributed by atoms with E-state index in [9.17, 15) is 4.79 Å². The molecule has 0 aliphatic heterocycles. The normalized spacial score (nSPS) is 10.8. The average Bonchev–Trinajstić information content (AvgIpc) is 2.75. The van der Waals surface area contributed by atoms with Gasteiger partial charge in [0.1, 0.15) is 12.4 Å². The second kappa shape index (κ2) is 11.1. The molecule has 3 aromatic carbocycles. The highest BCUT2D eigenvalue weighted by molar-refractivity contribution is 7.99. The van der Waals surface area contributed by atoms with E-state index >= 15 is 0 Å². The quantitative estimate of drug-likeness (QED) is 0.405. The van der Waals surface area contributed by atoms with Gasteiger partial charge in [0.05, 0.1) is 12.0 Å². The van der Waals surface area contributed by atoms with Gasteiger partial charge in [-0.05, 0) is 53.4 Å². The zero-order valence-corrected chi connectivity index (χ0v) is 17.2. The van der Waals surface area contributed by atoms with E-state index in [0.29, 0.717) is 12.4 Å². The molecule has 0 aliphatic carbocycles. The smallest absolute Gasteiger partial charge is 0.250 e. The van der Waals surface area contributed by atoms with Gasteiger partial charge in [0.25, 0.3) is 0 Å². The largest absolute Gasteiger partial charge is 0.489 e. The van der Waals surface area contributed by atoms with Crippen molar-refractivity contribution in [3.8, 4) is 5.75 Å². The van der Waals surface area contributed by atoms with Crippen molar-refractivity contribution < 1.29 is 9.53 Å². The fraction of sp³-hybridized carbons (Fsp3) is 0.167. The number of aryl methyl sites for hydroxylation is 1. The number of thioether (sulfide) groups is 1. The number of amides is 1. The summed E-state index contributed by atoms with van der Waals surface area (Å²) in [7, 11) is 0. The molecule has 0 aliphatic rings. The Morgan fingerprint density at radius 3 is 2.48 bits per heavy atom. The molecule has 0 spiro atoms. The summed E-state index contributed by atoms with van der Waals surface area (Å²) < 4.78 is 5.76. The van der Waals surface area contributed by atoms with Gasteiger partial charge < -0.3 is 4.74 Å². The number of nitrogens with one attached hydrogen (secondary N) is 1. The predicted octanol–water partition coefficient (Wildman–Crippen LogP) is 4.96. The van der Waals surface area contributed by atoms with Crippen LogP contribution in [-0.2, 0) is 17.2 Å². The van der Waals surface area contributed by atoms with Crippen molar-refractivity contribution in [2.75, 3.05) is 5.75 Å². The van der Waals surface area contributed by atoms with Crippen LogP contribution < -0.4 is 10.2 Å². The van der Waals surface area contributed by atoms with Gasteiger partial charge in [0.15, 0.2) is 0 Å². The van der Waals surface area contributed by atoms with E-state index < -0.39 is 0 Å². The van der Waals surface area contributed by atoms with Crippen LogP contribution in [0.4, 0.5) is 0 Å². The third-order valence-electron chi connectivity index (χ3n) is 4.28. The fourth-order valence-corrected chi connectivity index (χ4v) is 3.52. The minimum Gasteiger partial charge on any atom is -0.489 e. The SMILES string of the molecule is Cc1ccccc1CSCC(=O)N/N=C\c1ccc(OCc2ccccc2)cc1. The number of rotatable bonds is 9. The van der Waals surface area contributed by atoms with Crippen molar-refractivity contribution in [2.24, 2.45) is 5.10 Å². The van der Waals surface area contributed by atoms with Gasteiger partial charge in [-0.2, -0.15) is 5.10 Å². The van der Waals surface area contributed by atoms with Gasteiger partial charge in [0, 0.05) is 5.75 Å². The Kier molecular flexibility index (Phi) is 7.90. The number of hydrazone groups is 1. The van der Waals surface area contributed by atoms with Gasteiger partial charge in [-0.1, -0.05) is 54.6 Å². The van der Waals surface area contributed by atoms with Crippen molar-refractivity contribution in [3.05, 3.63) is 101 Å². The summed E-state index contributed by atoms with van der Waals surface area (Å²) in [6.07, 6.45) is 1.63. The average molecular weight is 405 g/mol. The van der Waals surface area contributed by atoms with Gasteiger partial charge in [0.2, 0.25) is 5.91 Å². The van der Waals surface area contributed by atoms with Crippen molar-refractivity contribution >= 4 is 23.9 Å². The van der Waals surface area contributed by atoms with Crippen molar-refractivity contribution in [3.63, 3.8) is 0 Å². The van der Waals surface area contributed by atoms with Crippen molar-refractivity contribution in [2.45, 2.75) is 19.3 Å². The second-order valence-corrected chi connectivity index (χ2v) is 7.54. The van der Waals surface area contributed by atoms with E-state index in [1.807, 2.05) is 66.7 Å². The van der Waals surface area contributed by atoms with Crippen LogP contribution in [0.2, 0.25) is 0 Å². The van der Waals surface area contributed by atoms with E-state index in [1.165, 1.54) is 11.1 Å². The molecule has 0 saturated carbocycles. The molecule has 148 valence electrons. The minimum absolute atomic E-state index is 0.109. The van der Waals surface area contributed by atoms with Gasteiger partial charge in [-0.3, -0.25) is 4.79 Å². The summed E-state index contributed by atoms with van der Waals surface area (Å²) in [4.78, 5) is 11.9. The lowest BCUT2D eigenvalue weighted by Gasteiger charge is -2.06. The second-order valence-electron chi connectivity index (χ2n) is 6.56. The first-order valence-electron chi connectivity index (χ1n) is 9.41. The van der Waals surface area contributed by atoms with Crippen molar-refractivity contribution in [1.82, 2.24) is 5.43 Å². The molecule has 0 unspecified atom stereocenters. The summed E-state index contributed by atoms with van der Waals surface area (Å²) in [6, 6.07) is 25.8. The summed E-state index contributed by atoms with van der Waals surface area (Å²) >= 11 is 1.58. The topological polar surface area (TPSA) is 50.7 Å². The number of nitrogens with zero attached hydrogens (tertiary/aromatic N) is 1. The molecule has 0 saturated heterocycles. The fourth-order valence-electron chi connectivity index (χ4n) is 2.63. The Morgan fingerprint density at radius 2 is 1.72 bits per heavy atom. The first-order chi connectivity index (χ1) is 14.2. The third-order valence-corrected chi connectivity index (χ3v) is 5.26. The lowest BCUT2D eigenvalue weighted by atomic mass is 10.1. The molecule has 0 fully saturated rings. The van der Waals surface area contributed by atoms with Crippen LogP contribution in [0.1, 0.15) is 22.3 Å². The van der Waals surface area contributed by atoms with E-state index in [0.717, 1.165) is 22.6 Å². The molecular formula is C24H24N2O2S. The molecule has 0 atom stereocenters. The molecule has 3 aromatic rings. The molecule has 1 amide bonds. The van der Waals surface area contributed by atoms with E-state index in [2.05, 4.69) is 29.6 Å². The highest BCUT2D eigenvalue weighted by Crippen LogP contribution is 2.16. The van der Waals surface area contributed by atoms with E-state index in [-0.39, 0.29) is 5.91 Å². The first kappa shape index (κ1) is 20.7. The number of ether oxygens (including phenoxy) is 1. The Bertz CT molecular complexity index is 941. The van der Waals surface area contributed by atoms with Crippen LogP contribution in [0, 0.1) is 6.92 Å². The third kappa shape index (κ3) is 7.12. The Labute approximate surface area is 176 Å². The van der Waals surface area contributed by atoms with E-state index in [4.69, 9.17) is 4.74 Å². The number of hydrogen-bond donors (Lipinski definition) is 1. The molecule has 1 N–H and O–H groups in total. The lowest BCUT2D eigenvalue weighted by molar-refractivity contribution is -0.118. The summed E-state index contributed by atoms with van der Waals surface area (Å²) in [5.41, 5.74) is 7.09. The predicted molar refractivity (Wildman–Crippen MR) is 120 cm³/mol. The highest BCUT2D eigenvalue weighted by Gasteiger charge is 2.02. The molecule has 0 aromatic heterocycles. The zero-order valence-electron chi connectivity index (χ0n) is 16.4. The lowest BCUT2D eigenvalue weighted by Crippen LogP contribution is -2.19. The molecule has 29 heavy (non-hydrogen) atoms. The van der Waals surface area contributed by atoms with Crippen molar-refractivity contribution in [1.29, 1.82) is 0 Å². The van der Waals surface area contributed by atoms with Gasteiger partial charge in [-0.25, -0.2) is 5.43 Å². The maximum Gasteiger partial charge on any atom is 0.250 e. The van der Waals surface area contributed by atoms with Crippen LogP contribution >= 0.6 is 11.8 Å². The molecule has 0 heterocycles. The summed E-state index contributed by atoms with van der Waals surface area (Å²) in [5.74, 6) is 1.87. The first-order valence-corrected chi connectivity index (χ1v) is 10.6. The molecule has 3 rings (SSSR count). The molecular weight excluding hydrogens is 380 g/mol. The highest BCUT2D eigenvalue weighted by atomic mass is 32.2. The van der Waals surface area contributed by atoms with Crippen LogP contribution in [0.25, 0.3) is 0 Å². The maximum absolute atomic E-state index is 11.9. The Morgan fingerprint density at radius 1 is 1.00 bits per heavy atom. The Balaban J connectivity index is 1.38. The molecule has 0 bridgehead atoms. The number of benzene rings is 3. The van der Waals surface area contributed by atoms with Gasteiger partial charge >= 0.3 is 0 Å². The molecule has 0 radical (unpaired) electrons. The van der Waals surface area contributed by atoms with Crippen LogP contribution in [0.15, 0.2) is 84.0 Å². The molecule has 4 nitrogen and oxygen atoms in total. The maximum atomic E-state index is 11.9. The van der Waals surface area contributed by atoms with Crippen LogP contribution in [-0.4, -0.2) is 17.9 Å². The van der Waals surface area contributed by atoms with Crippen LogP contribution in [0.3, 0.4) is 0 Å². The number of carbonyl (C=O) groups is 1. The number of hydrogen-bond acceptors (Lipinski definition) is 4. The zero-order chi connectivity index (χ0) is 20.3. The Hall–Kier alpha value is -3.05. The molecule has 5 heteroatoms.